The van der Waals surface area contributed by atoms with Crippen molar-refractivity contribution in [1.82, 2.24) is 4.98 Å². The molecule has 3 aromatic rings. The molecule has 0 spiro atoms. The quantitative estimate of drug-likeness (QED) is 0.600. The van der Waals surface area contributed by atoms with Crippen molar-refractivity contribution in [2.24, 2.45) is 0 Å². The van der Waals surface area contributed by atoms with E-state index in [4.69, 9.17) is 14.2 Å². The highest BCUT2D eigenvalue weighted by atomic mass is 16.5. The van der Waals surface area contributed by atoms with Crippen molar-refractivity contribution in [1.29, 1.82) is 0 Å². The summed E-state index contributed by atoms with van der Waals surface area (Å²) in [6.07, 6.45) is 3.70. The summed E-state index contributed by atoms with van der Waals surface area (Å²) in [6, 6.07) is 20.6. The van der Waals surface area contributed by atoms with Gasteiger partial charge in [0.1, 0.15) is 19.0 Å². The third-order valence-electron chi connectivity index (χ3n) is 4.80. The van der Waals surface area contributed by atoms with Crippen LogP contribution in [0.25, 0.3) is 0 Å². The van der Waals surface area contributed by atoms with Crippen molar-refractivity contribution >= 4 is 11.6 Å². The zero-order valence-corrected chi connectivity index (χ0v) is 16.6. The van der Waals surface area contributed by atoms with E-state index < -0.39 is 0 Å². The first-order valence-corrected chi connectivity index (χ1v) is 10.1. The van der Waals surface area contributed by atoms with Crippen molar-refractivity contribution in [3.05, 3.63) is 84.1 Å². The Balaban J connectivity index is 1.34. The van der Waals surface area contributed by atoms with Gasteiger partial charge in [-0.15, -0.1) is 0 Å². The maximum atomic E-state index is 12.7. The van der Waals surface area contributed by atoms with Crippen LogP contribution in [-0.4, -0.2) is 30.2 Å². The highest BCUT2D eigenvalue weighted by molar-refractivity contribution is 6.06. The van der Waals surface area contributed by atoms with Gasteiger partial charge >= 0.3 is 0 Å². The predicted octanol–water partition coefficient (Wildman–Crippen LogP) is 4.47. The van der Waals surface area contributed by atoms with Crippen LogP contribution >= 0.6 is 0 Å². The topological polar surface area (TPSA) is 69.7 Å². The first kappa shape index (κ1) is 19.9. The number of anilines is 1. The Morgan fingerprint density at radius 3 is 2.63 bits per heavy atom. The molecule has 1 atom stereocenters. The van der Waals surface area contributed by atoms with Crippen LogP contribution in [0.15, 0.2) is 72.9 Å². The van der Waals surface area contributed by atoms with E-state index in [0.717, 1.165) is 25.0 Å². The van der Waals surface area contributed by atoms with E-state index in [-0.39, 0.29) is 12.0 Å². The Labute approximate surface area is 175 Å². The number of nitrogens with zero attached hydrogens (tertiary/aromatic N) is 1. The number of hydrogen-bond donors (Lipinski definition) is 1. The van der Waals surface area contributed by atoms with Gasteiger partial charge in [-0.25, -0.2) is 4.98 Å². The van der Waals surface area contributed by atoms with Crippen LogP contribution < -0.4 is 14.8 Å². The molecule has 154 valence electrons. The number of ether oxygens (including phenoxy) is 3. The summed E-state index contributed by atoms with van der Waals surface area (Å²) in [5, 5.41) is 2.86. The van der Waals surface area contributed by atoms with Crippen LogP contribution in [0.3, 0.4) is 0 Å². The Morgan fingerprint density at radius 2 is 1.87 bits per heavy atom. The fourth-order valence-corrected chi connectivity index (χ4v) is 3.21. The van der Waals surface area contributed by atoms with Crippen molar-refractivity contribution in [3.8, 4) is 11.6 Å². The maximum absolute atomic E-state index is 12.7. The van der Waals surface area contributed by atoms with Crippen molar-refractivity contribution in [3.63, 3.8) is 0 Å². The number of nitrogens with one attached hydrogen (secondary N) is 1. The molecule has 0 aliphatic carbocycles. The molecule has 1 amide bonds. The summed E-state index contributed by atoms with van der Waals surface area (Å²) in [5.41, 5.74) is 2.12. The third-order valence-corrected chi connectivity index (χ3v) is 4.80. The summed E-state index contributed by atoms with van der Waals surface area (Å²) < 4.78 is 17.1. The number of aromatic nitrogens is 1. The molecule has 0 saturated carbocycles. The second-order valence-electron chi connectivity index (χ2n) is 7.06. The van der Waals surface area contributed by atoms with Gasteiger partial charge in [-0.05, 0) is 36.6 Å². The van der Waals surface area contributed by atoms with Crippen molar-refractivity contribution in [2.45, 2.75) is 25.6 Å². The highest BCUT2D eigenvalue weighted by Gasteiger charge is 2.18. The van der Waals surface area contributed by atoms with Crippen LogP contribution in [-0.2, 0) is 11.3 Å². The molecule has 0 bridgehead atoms. The number of carbonyl (C=O) groups is 1. The maximum Gasteiger partial charge on any atom is 0.259 e. The molecule has 1 aromatic heterocycles. The molecule has 1 aliphatic rings. The molecule has 0 radical (unpaired) electrons. The zero-order valence-electron chi connectivity index (χ0n) is 16.6. The molecule has 4 rings (SSSR count). The molecular formula is C24H24N2O4. The third kappa shape index (κ3) is 5.36. The van der Waals surface area contributed by atoms with Crippen molar-refractivity contribution in [2.75, 3.05) is 18.5 Å². The van der Waals surface area contributed by atoms with Gasteiger partial charge in [-0.1, -0.05) is 42.5 Å². The zero-order chi connectivity index (χ0) is 20.6. The minimum Gasteiger partial charge on any atom is -0.490 e. The van der Waals surface area contributed by atoms with E-state index in [0.29, 0.717) is 36.1 Å². The number of amides is 1. The highest BCUT2D eigenvalue weighted by Crippen LogP contribution is 2.22. The molecule has 30 heavy (non-hydrogen) atoms. The van der Waals surface area contributed by atoms with Gasteiger partial charge in [0.2, 0.25) is 5.88 Å². The van der Waals surface area contributed by atoms with E-state index >= 15 is 0 Å². The average molecular weight is 404 g/mol. The van der Waals surface area contributed by atoms with E-state index in [1.807, 2.05) is 42.5 Å². The summed E-state index contributed by atoms with van der Waals surface area (Å²) in [7, 11) is 0. The second kappa shape index (κ2) is 9.89. The molecule has 2 heterocycles. The molecule has 1 saturated heterocycles. The number of pyridine rings is 1. The normalized spacial score (nSPS) is 15.5. The molecule has 2 aromatic carbocycles. The number of rotatable bonds is 8. The van der Waals surface area contributed by atoms with Gasteiger partial charge in [0.25, 0.3) is 5.91 Å². The van der Waals surface area contributed by atoms with Crippen molar-refractivity contribution < 1.29 is 19.0 Å². The Kier molecular flexibility index (Phi) is 6.57. The van der Waals surface area contributed by atoms with E-state index in [9.17, 15) is 4.79 Å². The lowest BCUT2D eigenvalue weighted by Crippen LogP contribution is -2.19. The Hall–Kier alpha value is -3.38. The number of carbonyl (C=O) groups excluding carboxylic acids is 1. The Morgan fingerprint density at radius 1 is 1.03 bits per heavy atom. The van der Waals surface area contributed by atoms with Crippen LogP contribution in [0.1, 0.15) is 28.8 Å². The Bertz CT molecular complexity index is 954. The summed E-state index contributed by atoms with van der Waals surface area (Å²) in [5.74, 6) is 0.788. The number of hydrogen-bond acceptors (Lipinski definition) is 5. The van der Waals surface area contributed by atoms with Gasteiger partial charge in [-0.2, -0.15) is 0 Å². The minimum atomic E-state index is -0.252. The van der Waals surface area contributed by atoms with Crippen LogP contribution in [0.4, 0.5) is 5.69 Å². The largest absolute Gasteiger partial charge is 0.490 e. The molecule has 6 nitrogen and oxygen atoms in total. The summed E-state index contributed by atoms with van der Waals surface area (Å²) in [4.78, 5) is 17.0. The first-order chi connectivity index (χ1) is 14.8. The molecule has 1 N–H and O–H groups in total. The fourth-order valence-electron chi connectivity index (χ4n) is 3.21. The lowest BCUT2D eigenvalue weighted by molar-refractivity contribution is 0.0673. The SMILES string of the molecule is O=C(Nc1ccc(OCc2ccccc2)nc1)c1ccccc1OCC1CCCO1. The number of para-hydroxylation sites is 1. The van der Waals surface area contributed by atoms with Crippen LogP contribution in [0.5, 0.6) is 11.6 Å². The van der Waals surface area contributed by atoms with Gasteiger partial charge < -0.3 is 19.5 Å². The predicted molar refractivity (Wildman–Crippen MR) is 114 cm³/mol. The standard InChI is InChI=1S/C24H24N2O4/c27-24(21-10-4-5-11-22(21)29-17-20-9-6-14-28-20)26-19-12-13-23(25-15-19)30-16-18-7-2-1-3-8-18/h1-5,7-8,10-13,15,20H,6,9,14,16-17H2,(H,26,27). The van der Waals surface area contributed by atoms with E-state index in [1.165, 1.54) is 0 Å². The average Bonchev–Trinajstić information content (AvgIpc) is 3.32. The van der Waals surface area contributed by atoms with E-state index in [2.05, 4.69) is 10.3 Å². The minimum absolute atomic E-state index is 0.0914. The van der Waals surface area contributed by atoms with Gasteiger partial charge in [0.05, 0.1) is 23.6 Å². The molecule has 1 fully saturated rings. The second-order valence-corrected chi connectivity index (χ2v) is 7.06. The molecule has 1 aliphatic heterocycles. The summed E-state index contributed by atoms with van der Waals surface area (Å²) >= 11 is 0. The van der Waals surface area contributed by atoms with Gasteiger partial charge in [-0.3, -0.25) is 4.79 Å². The monoisotopic (exact) mass is 404 g/mol. The lowest BCUT2D eigenvalue weighted by Gasteiger charge is -2.14. The number of benzene rings is 2. The molecular weight excluding hydrogens is 380 g/mol. The van der Waals surface area contributed by atoms with E-state index in [1.54, 1.807) is 30.5 Å². The molecule has 1 unspecified atom stereocenters. The fraction of sp³-hybridized carbons (Fsp3) is 0.250. The molecule has 6 heteroatoms. The summed E-state index contributed by atoms with van der Waals surface area (Å²) in [6.45, 7) is 1.66. The van der Waals surface area contributed by atoms with Gasteiger partial charge in [0, 0.05) is 12.7 Å². The van der Waals surface area contributed by atoms with Crippen LogP contribution in [0.2, 0.25) is 0 Å². The van der Waals surface area contributed by atoms with Crippen LogP contribution in [0, 0.1) is 0 Å². The van der Waals surface area contributed by atoms with Gasteiger partial charge in [0.15, 0.2) is 0 Å². The smallest absolute Gasteiger partial charge is 0.259 e. The first-order valence-electron chi connectivity index (χ1n) is 10.1. The lowest BCUT2D eigenvalue weighted by atomic mass is 10.2.